The molecule has 0 aromatic carbocycles. The highest BCUT2D eigenvalue weighted by Crippen LogP contribution is 2.23. The summed E-state index contributed by atoms with van der Waals surface area (Å²) in [5, 5.41) is 0. The van der Waals surface area contributed by atoms with Gasteiger partial charge in [-0.1, -0.05) is 0 Å². The van der Waals surface area contributed by atoms with Crippen molar-refractivity contribution in [2.24, 2.45) is 5.92 Å². The van der Waals surface area contributed by atoms with Crippen molar-refractivity contribution in [2.75, 3.05) is 20.5 Å². The minimum absolute atomic E-state index is 0.00509. The zero-order valence-electron chi connectivity index (χ0n) is 9.52. The molecule has 1 aliphatic rings. The second-order valence-corrected chi connectivity index (χ2v) is 3.70. The number of hydrogen-bond acceptors (Lipinski definition) is 5. The molecule has 0 N–H and O–H groups in total. The quantitative estimate of drug-likeness (QED) is 0.519. The lowest BCUT2D eigenvalue weighted by molar-refractivity contribution is -0.143. The highest BCUT2D eigenvalue weighted by Gasteiger charge is 2.22. The molecule has 0 saturated heterocycles. The number of methoxy groups -OCH3 is 1. The third-order valence-corrected chi connectivity index (χ3v) is 2.19. The maximum absolute atomic E-state index is 11.4. The molecule has 0 aromatic heterocycles. The molecule has 0 fully saturated rings. The molecular weight excluding hydrogens is 212 g/mol. The molecule has 5 nitrogen and oxygen atoms in total. The summed E-state index contributed by atoms with van der Waals surface area (Å²) in [4.78, 5) is 22.0. The highest BCUT2D eigenvalue weighted by molar-refractivity contribution is 5.91. The third kappa shape index (κ3) is 4.44. The van der Waals surface area contributed by atoms with E-state index in [1.165, 1.54) is 20.1 Å². The number of ketones is 1. The SMILES string of the molecule is COCOC1=CC(=O)C[C@H](COC(C)=O)C1. The van der Waals surface area contributed by atoms with Crippen LogP contribution in [-0.4, -0.2) is 32.3 Å². The van der Waals surface area contributed by atoms with Crippen molar-refractivity contribution in [1.29, 1.82) is 0 Å². The van der Waals surface area contributed by atoms with Crippen molar-refractivity contribution in [3.8, 4) is 0 Å². The van der Waals surface area contributed by atoms with E-state index in [9.17, 15) is 9.59 Å². The van der Waals surface area contributed by atoms with E-state index in [4.69, 9.17) is 14.2 Å². The molecule has 0 aliphatic heterocycles. The first kappa shape index (κ1) is 12.7. The van der Waals surface area contributed by atoms with E-state index < -0.39 is 0 Å². The van der Waals surface area contributed by atoms with E-state index in [1.54, 1.807) is 0 Å². The Morgan fingerprint density at radius 1 is 1.50 bits per heavy atom. The van der Waals surface area contributed by atoms with Gasteiger partial charge < -0.3 is 14.2 Å². The molecule has 0 unspecified atom stereocenters. The average Bonchev–Trinajstić information content (AvgIpc) is 2.23. The number of rotatable bonds is 5. The van der Waals surface area contributed by atoms with E-state index in [1.807, 2.05) is 0 Å². The van der Waals surface area contributed by atoms with Crippen molar-refractivity contribution in [3.05, 3.63) is 11.8 Å². The van der Waals surface area contributed by atoms with E-state index >= 15 is 0 Å². The van der Waals surface area contributed by atoms with Crippen molar-refractivity contribution < 1.29 is 23.8 Å². The molecule has 5 heteroatoms. The Morgan fingerprint density at radius 2 is 2.25 bits per heavy atom. The predicted molar refractivity (Wildman–Crippen MR) is 55.4 cm³/mol. The molecule has 1 aliphatic carbocycles. The number of carbonyl (C=O) groups excluding carboxylic acids is 2. The van der Waals surface area contributed by atoms with Crippen LogP contribution in [0.5, 0.6) is 0 Å². The summed E-state index contributed by atoms with van der Waals surface area (Å²) in [7, 11) is 1.52. The lowest BCUT2D eigenvalue weighted by atomic mass is 9.93. The molecule has 0 heterocycles. The minimum atomic E-state index is -0.332. The first-order chi connectivity index (χ1) is 7.61. The molecule has 16 heavy (non-hydrogen) atoms. The Bertz CT molecular complexity index is 295. The molecule has 0 spiro atoms. The fraction of sp³-hybridized carbons (Fsp3) is 0.636. The topological polar surface area (TPSA) is 61.8 Å². The summed E-state index contributed by atoms with van der Waals surface area (Å²) in [6.07, 6.45) is 2.47. The smallest absolute Gasteiger partial charge is 0.302 e. The van der Waals surface area contributed by atoms with Crippen LogP contribution in [0.3, 0.4) is 0 Å². The summed E-state index contributed by atoms with van der Waals surface area (Å²) in [5.41, 5.74) is 0. The fourth-order valence-electron chi connectivity index (χ4n) is 1.53. The first-order valence-electron chi connectivity index (χ1n) is 5.10. The van der Waals surface area contributed by atoms with Crippen molar-refractivity contribution in [1.82, 2.24) is 0 Å². The average molecular weight is 228 g/mol. The third-order valence-electron chi connectivity index (χ3n) is 2.19. The molecule has 90 valence electrons. The van der Waals surface area contributed by atoms with Gasteiger partial charge in [0.05, 0.1) is 6.61 Å². The Kier molecular flexibility index (Phi) is 4.98. The summed E-state index contributed by atoms with van der Waals surface area (Å²) < 4.78 is 14.8. The van der Waals surface area contributed by atoms with E-state index in [0.29, 0.717) is 18.6 Å². The van der Waals surface area contributed by atoms with Gasteiger partial charge in [0.25, 0.3) is 0 Å². The van der Waals surface area contributed by atoms with Gasteiger partial charge in [0, 0.05) is 38.9 Å². The summed E-state index contributed by atoms with van der Waals surface area (Å²) >= 11 is 0. The van der Waals surface area contributed by atoms with Gasteiger partial charge in [-0.05, 0) is 0 Å². The van der Waals surface area contributed by atoms with Crippen molar-refractivity contribution in [3.63, 3.8) is 0 Å². The number of esters is 1. The first-order valence-corrected chi connectivity index (χ1v) is 5.10. The van der Waals surface area contributed by atoms with Crippen LogP contribution in [0.2, 0.25) is 0 Å². The number of carbonyl (C=O) groups is 2. The summed E-state index contributed by atoms with van der Waals surface area (Å²) in [6.45, 7) is 1.73. The van der Waals surface area contributed by atoms with Gasteiger partial charge in [0.15, 0.2) is 12.6 Å². The zero-order valence-corrected chi connectivity index (χ0v) is 9.52. The van der Waals surface area contributed by atoms with Gasteiger partial charge in [0.1, 0.15) is 5.76 Å². The molecular formula is C11H16O5. The largest absolute Gasteiger partial charge is 0.472 e. The Labute approximate surface area is 94.4 Å². The monoisotopic (exact) mass is 228 g/mol. The summed E-state index contributed by atoms with van der Waals surface area (Å²) in [6, 6.07) is 0. The lowest BCUT2D eigenvalue weighted by Gasteiger charge is -2.21. The van der Waals surface area contributed by atoms with Gasteiger partial charge in [-0.2, -0.15) is 0 Å². The second-order valence-electron chi connectivity index (χ2n) is 3.70. The normalized spacial score (nSPS) is 20.2. The fourth-order valence-corrected chi connectivity index (χ4v) is 1.53. The molecule has 0 amide bonds. The summed E-state index contributed by atoms with van der Waals surface area (Å²) in [5.74, 6) is 0.263. The predicted octanol–water partition coefficient (Wildman–Crippen LogP) is 1.03. The molecule has 0 radical (unpaired) electrons. The number of ether oxygens (including phenoxy) is 3. The van der Waals surface area contributed by atoms with Crippen LogP contribution in [0.4, 0.5) is 0 Å². The molecule has 0 saturated carbocycles. The minimum Gasteiger partial charge on any atom is -0.472 e. The highest BCUT2D eigenvalue weighted by atomic mass is 16.7. The van der Waals surface area contributed by atoms with Crippen LogP contribution in [0, 0.1) is 5.92 Å². The maximum Gasteiger partial charge on any atom is 0.302 e. The standard InChI is InChI=1S/C11H16O5/c1-8(12)15-6-9-3-10(13)5-11(4-9)16-7-14-2/h5,9H,3-4,6-7H2,1-2H3/t9-/m0/s1. The molecule has 1 rings (SSSR count). The van der Waals surface area contributed by atoms with Crippen LogP contribution in [-0.2, 0) is 23.8 Å². The van der Waals surface area contributed by atoms with Crippen LogP contribution in [0.25, 0.3) is 0 Å². The Morgan fingerprint density at radius 3 is 2.88 bits per heavy atom. The molecule has 1 atom stereocenters. The van der Waals surface area contributed by atoms with Crippen molar-refractivity contribution in [2.45, 2.75) is 19.8 Å². The van der Waals surface area contributed by atoms with Crippen molar-refractivity contribution >= 4 is 11.8 Å². The molecule has 0 bridgehead atoms. The molecule has 0 aromatic rings. The Hall–Kier alpha value is -1.36. The van der Waals surface area contributed by atoms with Crippen LogP contribution in [0.1, 0.15) is 19.8 Å². The van der Waals surface area contributed by atoms with Gasteiger partial charge >= 0.3 is 5.97 Å². The van der Waals surface area contributed by atoms with Crippen LogP contribution >= 0.6 is 0 Å². The van der Waals surface area contributed by atoms with Gasteiger partial charge in [0.2, 0.25) is 0 Å². The lowest BCUT2D eigenvalue weighted by Crippen LogP contribution is -2.21. The van der Waals surface area contributed by atoms with Crippen LogP contribution in [0.15, 0.2) is 11.8 Å². The van der Waals surface area contributed by atoms with Crippen LogP contribution < -0.4 is 0 Å². The van der Waals surface area contributed by atoms with Gasteiger partial charge in [-0.25, -0.2) is 0 Å². The number of allylic oxidation sites excluding steroid dienone is 2. The van der Waals surface area contributed by atoms with E-state index in [0.717, 1.165) is 0 Å². The van der Waals surface area contributed by atoms with Gasteiger partial charge in [-0.3, -0.25) is 9.59 Å². The maximum atomic E-state index is 11.4. The second kappa shape index (κ2) is 6.27. The van der Waals surface area contributed by atoms with Gasteiger partial charge in [-0.15, -0.1) is 0 Å². The van der Waals surface area contributed by atoms with E-state index in [-0.39, 0.29) is 31.1 Å². The van der Waals surface area contributed by atoms with E-state index in [2.05, 4.69) is 0 Å². The number of hydrogen-bond donors (Lipinski definition) is 0. The zero-order chi connectivity index (χ0) is 12.0. The Balaban J connectivity index is 2.43.